The van der Waals surface area contributed by atoms with E-state index >= 15 is 0 Å². The zero-order valence-electron chi connectivity index (χ0n) is 12.6. The molecule has 0 atom stereocenters. The maximum atomic E-state index is 5.92. The first-order chi connectivity index (χ1) is 10.8. The number of ether oxygens (including phenoxy) is 1. The average Bonchev–Trinajstić information content (AvgIpc) is 3.02. The highest BCUT2D eigenvalue weighted by molar-refractivity contribution is 7.83. The van der Waals surface area contributed by atoms with Crippen molar-refractivity contribution in [2.75, 3.05) is 0 Å². The molecule has 2 nitrogen and oxygen atoms in total. The molecule has 0 fully saturated rings. The Hall–Kier alpha value is -2.00. The van der Waals surface area contributed by atoms with Crippen LogP contribution in [0.25, 0.3) is 0 Å². The van der Waals surface area contributed by atoms with E-state index in [1.165, 1.54) is 24.0 Å². The van der Waals surface area contributed by atoms with Crippen molar-refractivity contribution < 1.29 is 4.74 Å². The van der Waals surface area contributed by atoms with E-state index in [9.17, 15) is 0 Å². The molecule has 22 heavy (non-hydrogen) atoms. The van der Waals surface area contributed by atoms with Gasteiger partial charge in [-0.3, -0.25) is 0 Å². The van der Waals surface area contributed by atoms with Crippen molar-refractivity contribution in [1.29, 1.82) is 0 Å². The van der Waals surface area contributed by atoms with Crippen LogP contribution in [0, 0.1) is 0 Å². The number of nitrogens with zero attached hydrogens (tertiary/aromatic N) is 1. The van der Waals surface area contributed by atoms with E-state index in [2.05, 4.69) is 35.8 Å². The minimum atomic E-state index is 0.583. The fourth-order valence-corrected chi connectivity index (χ4v) is 2.70. The molecule has 0 N–H and O–H groups in total. The highest BCUT2D eigenvalue weighted by atomic mass is 32.1. The van der Waals surface area contributed by atoms with Gasteiger partial charge in [0.05, 0.1) is 5.69 Å². The summed E-state index contributed by atoms with van der Waals surface area (Å²) >= 11 is 4.23. The molecule has 2 aromatic rings. The minimum Gasteiger partial charge on any atom is -0.439 e. The van der Waals surface area contributed by atoms with Crippen molar-refractivity contribution in [3.05, 3.63) is 70.6 Å². The lowest BCUT2D eigenvalue weighted by atomic mass is 10.1. The second-order valence-electron chi connectivity index (χ2n) is 5.45. The number of hydrogen-bond donors (Lipinski definition) is 1. The smallest absolute Gasteiger partial charge is 0.223 e. The van der Waals surface area contributed by atoms with Gasteiger partial charge in [-0.2, -0.15) is 12.6 Å². The van der Waals surface area contributed by atoms with E-state index in [0.717, 1.165) is 23.4 Å². The standard InChI is InChI=1S/C19H19NOS/c1-14(13-22)19(21-18-8-3-2-4-9-18)20-17-11-10-15-6-5-7-16(15)12-17/h2-4,8-13,22H,5-7H2,1H3/b14-13+,20-19-. The van der Waals surface area contributed by atoms with Crippen LogP contribution in [0.15, 0.2) is 64.5 Å². The maximum absolute atomic E-state index is 5.92. The Morgan fingerprint density at radius 2 is 1.86 bits per heavy atom. The Balaban J connectivity index is 1.92. The summed E-state index contributed by atoms with van der Waals surface area (Å²) in [6, 6.07) is 16.1. The van der Waals surface area contributed by atoms with Crippen LogP contribution in [0.3, 0.4) is 0 Å². The number of thiol groups is 1. The number of rotatable bonds is 3. The number of para-hydroxylation sites is 1. The van der Waals surface area contributed by atoms with Gasteiger partial charge in [0.25, 0.3) is 0 Å². The highest BCUT2D eigenvalue weighted by Gasteiger charge is 2.12. The van der Waals surface area contributed by atoms with Crippen molar-refractivity contribution >= 4 is 24.2 Å². The van der Waals surface area contributed by atoms with Gasteiger partial charge in [0.15, 0.2) is 0 Å². The molecule has 0 spiro atoms. The lowest BCUT2D eigenvalue weighted by Gasteiger charge is -2.10. The average molecular weight is 309 g/mol. The first-order valence-electron chi connectivity index (χ1n) is 7.51. The van der Waals surface area contributed by atoms with Crippen LogP contribution in [-0.4, -0.2) is 5.90 Å². The maximum Gasteiger partial charge on any atom is 0.223 e. The zero-order valence-corrected chi connectivity index (χ0v) is 13.5. The van der Waals surface area contributed by atoms with Crippen molar-refractivity contribution in [1.82, 2.24) is 0 Å². The third-order valence-corrected chi connectivity index (χ3v) is 4.19. The van der Waals surface area contributed by atoms with Gasteiger partial charge in [0.2, 0.25) is 5.90 Å². The molecule has 1 aliphatic carbocycles. The summed E-state index contributed by atoms with van der Waals surface area (Å²) in [4.78, 5) is 4.68. The van der Waals surface area contributed by atoms with Crippen LogP contribution in [0.5, 0.6) is 5.75 Å². The third kappa shape index (κ3) is 3.42. The lowest BCUT2D eigenvalue weighted by molar-refractivity contribution is 0.551. The molecule has 0 radical (unpaired) electrons. The quantitative estimate of drug-likeness (QED) is 0.474. The molecule has 2 aromatic carbocycles. The van der Waals surface area contributed by atoms with Gasteiger partial charge in [-0.1, -0.05) is 24.3 Å². The summed E-state index contributed by atoms with van der Waals surface area (Å²) in [6.07, 6.45) is 3.57. The topological polar surface area (TPSA) is 21.6 Å². The molecule has 0 amide bonds. The van der Waals surface area contributed by atoms with Gasteiger partial charge in [-0.15, -0.1) is 0 Å². The molecular weight excluding hydrogens is 290 g/mol. The fourth-order valence-electron chi connectivity index (χ4n) is 2.59. The molecule has 3 heteroatoms. The number of aliphatic imine (C=N–C) groups is 1. The van der Waals surface area contributed by atoms with Crippen LogP contribution in [0.1, 0.15) is 24.5 Å². The van der Waals surface area contributed by atoms with Gasteiger partial charge < -0.3 is 4.74 Å². The molecule has 1 aliphatic rings. The Kier molecular flexibility index (Phi) is 4.64. The van der Waals surface area contributed by atoms with Crippen LogP contribution in [-0.2, 0) is 12.8 Å². The van der Waals surface area contributed by atoms with Crippen LogP contribution in [0.4, 0.5) is 5.69 Å². The molecule has 0 unspecified atom stereocenters. The SMILES string of the molecule is CC(=C\S)/C(=N/c1ccc2c(c1)CCC2)Oc1ccccc1. The highest BCUT2D eigenvalue weighted by Crippen LogP contribution is 2.27. The van der Waals surface area contributed by atoms with E-state index in [1.54, 1.807) is 5.41 Å². The van der Waals surface area contributed by atoms with E-state index in [1.807, 2.05) is 37.3 Å². The largest absolute Gasteiger partial charge is 0.439 e. The van der Waals surface area contributed by atoms with E-state index in [0.29, 0.717) is 5.90 Å². The van der Waals surface area contributed by atoms with Gasteiger partial charge >= 0.3 is 0 Å². The predicted octanol–water partition coefficient (Wildman–Crippen LogP) is 5.12. The number of fused-ring (bicyclic) bond motifs is 1. The first-order valence-corrected chi connectivity index (χ1v) is 8.02. The Morgan fingerprint density at radius 3 is 2.64 bits per heavy atom. The van der Waals surface area contributed by atoms with E-state index in [-0.39, 0.29) is 0 Å². The molecule has 0 heterocycles. The second kappa shape index (κ2) is 6.84. The minimum absolute atomic E-state index is 0.583. The molecule has 112 valence electrons. The summed E-state index contributed by atoms with van der Waals surface area (Å²) in [6.45, 7) is 1.95. The van der Waals surface area contributed by atoms with Crippen LogP contribution in [0.2, 0.25) is 0 Å². The zero-order chi connectivity index (χ0) is 15.4. The predicted molar refractivity (Wildman–Crippen MR) is 95.4 cm³/mol. The summed E-state index contributed by atoms with van der Waals surface area (Å²) in [7, 11) is 0. The van der Waals surface area contributed by atoms with Gasteiger partial charge in [0.1, 0.15) is 5.75 Å². The van der Waals surface area contributed by atoms with Crippen LogP contribution >= 0.6 is 12.6 Å². The summed E-state index contributed by atoms with van der Waals surface area (Å²) in [5, 5.41) is 1.72. The molecule has 0 saturated carbocycles. The Morgan fingerprint density at radius 1 is 1.09 bits per heavy atom. The van der Waals surface area contributed by atoms with E-state index < -0.39 is 0 Å². The Labute approximate surface area is 137 Å². The summed E-state index contributed by atoms with van der Waals surface area (Å²) in [5.74, 6) is 1.36. The van der Waals surface area contributed by atoms with Crippen molar-refractivity contribution in [2.24, 2.45) is 4.99 Å². The van der Waals surface area contributed by atoms with Crippen molar-refractivity contribution in [2.45, 2.75) is 26.2 Å². The van der Waals surface area contributed by atoms with E-state index in [4.69, 9.17) is 4.74 Å². The second-order valence-corrected chi connectivity index (χ2v) is 5.71. The summed E-state index contributed by atoms with van der Waals surface area (Å²) in [5.41, 5.74) is 4.69. The normalized spacial score (nSPS) is 14.8. The van der Waals surface area contributed by atoms with Crippen molar-refractivity contribution in [3.63, 3.8) is 0 Å². The number of aryl methyl sites for hydroxylation is 2. The fraction of sp³-hybridized carbons (Fsp3) is 0.211. The molecule has 0 bridgehead atoms. The number of hydrogen-bond acceptors (Lipinski definition) is 3. The van der Waals surface area contributed by atoms with Crippen molar-refractivity contribution in [3.8, 4) is 5.75 Å². The lowest BCUT2D eigenvalue weighted by Crippen LogP contribution is -2.09. The molecule has 3 rings (SSSR count). The Bertz CT molecular complexity index is 719. The molecular formula is C19H19NOS. The van der Waals surface area contributed by atoms with Gasteiger partial charge in [0, 0.05) is 5.57 Å². The van der Waals surface area contributed by atoms with Gasteiger partial charge in [-0.05, 0) is 67.0 Å². The molecule has 0 aromatic heterocycles. The van der Waals surface area contributed by atoms with Gasteiger partial charge in [-0.25, -0.2) is 4.99 Å². The third-order valence-electron chi connectivity index (χ3n) is 3.80. The monoisotopic (exact) mass is 309 g/mol. The first kappa shape index (κ1) is 14.9. The van der Waals surface area contributed by atoms with Crippen LogP contribution < -0.4 is 4.74 Å². The number of benzene rings is 2. The molecule has 0 saturated heterocycles. The summed E-state index contributed by atoms with van der Waals surface area (Å²) < 4.78 is 5.92. The molecule has 0 aliphatic heterocycles.